The van der Waals surface area contributed by atoms with Gasteiger partial charge in [-0.3, -0.25) is 9.69 Å². The number of hydrogen-bond acceptors (Lipinski definition) is 3. The second-order valence-corrected chi connectivity index (χ2v) is 5.16. The van der Waals surface area contributed by atoms with Crippen LogP contribution >= 0.6 is 0 Å². The number of carbonyl (C=O) groups excluding carboxylic acids is 1. The average Bonchev–Trinajstić information content (AvgIpc) is 2.78. The molecule has 5 heteroatoms. The van der Waals surface area contributed by atoms with Crippen molar-refractivity contribution in [2.24, 2.45) is 11.5 Å². The van der Waals surface area contributed by atoms with E-state index in [0.717, 1.165) is 24.9 Å². The van der Waals surface area contributed by atoms with Gasteiger partial charge in [0, 0.05) is 6.04 Å². The van der Waals surface area contributed by atoms with Crippen molar-refractivity contribution in [3.8, 4) is 0 Å². The van der Waals surface area contributed by atoms with Gasteiger partial charge >= 0.3 is 0 Å². The van der Waals surface area contributed by atoms with E-state index in [1.54, 1.807) is 6.07 Å². The van der Waals surface area contributed by atoms with Gasteiger partial charge in [0.15, 0.2) is 0 Å². The van der Waals surface area contributed by atoms with Crippen molar-refractivity contribution < 1.29 is 9.18 Å². The van der Waals surface area contributed by atoms with Gasteiger partial charge in [-0.05, 0) is 44.0 Å². The van der Waals surface area contributed by atoms with Gasteiger partial charge in [0.1, 0.15) is 5.82 Å². The van der Waals surface area contributed by atoms with E-state index in [0.29, 0.717) is 0 Å². The molecule has 1 aliphatic heterocycles. The molecule has 1 amide bonds. The molecule has 0 aromatic heterocycles. The SMILES string of the molecule is CC(N)C(c1cccc(F)c1)N1CCCC1C(N)=O. The van der Waals surface area contributed by atoms with Crippen LogP contribution in [-0.2, 0) is 4.79 Å². The van der Waals surface area contributed by atoms with Crippen molar-refractivity contribution in [3.63, 3.8) is 0 Å². The molecule has 3 atom stereocenters. The minimum absolute atomic E-state index is 0.185. The van der Waals surface area contributed by atoms with Gasteiger partial charge in [-0.1, -0.05) is 12.1 Å². The highest BCUT2D eigenvalue weighted by Crippen LogP contribution is 2.31. The highest BCUT2D eigenvalue weighted by atomic mass is 19.1. The van der Waals surface area contributed by atoms with Crippen molar-refractivity contribution >= 4 is 5.91 Å². The second kappa shape index (κ2) is 5.67. The van der Waals surface area contributed by atoms with Gasteiger partial charge in [-0.2, -0.15) is 0 Å². The number of nitrogens with zero attached hydrogens (tertiary/aromatic N) is 1. The van der Waals surface area contributed by atoms with Crippen LogP contribution in [0.15, 0.2) is 24.3 Å². The molecule has 1 fully saturated rings. The molecule has 0 radical (unpaired) electrons. The fraction of sp³-hybridized carbons (Fsp3) is 0.500. The summed E-state index contributed by atoms with van der Waals surface area (Å²) in [5.74, 6) is -0.627. The zero-order valence-electron chi connectivity index (χ0n) is 11.1. The molecule has 2 rings (SSSR count). The molecule has 0 bridgehead atoms. The molecule has 4 nitrogen and oxygen atoms in total. The fourth-order valence-electron chi connectivity index (χ4n) is 2.92. The lowest BCUT2D eigenvalue weighted by atomic mass is 9.98. The highest BCUT2D eigenvalue weighted by Gasteiger charge is 2.36. The molecule has 1 aromatic carbocycles. The van der Waals surface area contributed by atoms with E-state index < -0.39 is 0 Å². The summed E-state index contributed by atoms with van der Waals surface area (Å²) < 4.78 is 13.4. The lowest BCUT2D eigenvalue weighted by molar-refractivity contribution is -0.123. The Labute approximate surface area is 112 Å². The molecule has 1 aromatic rings. The van der Waals surface area contributed by atoms with Crippen molar-refractivity contribution in [1.29, 1.82) is 0 Å². The van der Waals surface area contributed by atoms with E-state index >= 15 is 0 Å². The summed E-state index contributed by atoms with van der Waals surface area (Å²) in [6, 6.07) is 5.68. The third-order valence-corrected chi connectivity index (χ3v) is 3.67. The number of amides is 1. The summed E-state index contributed by atoms with van der Waals surface area (Å²) in [6.45, 7) is 2.63. The van der Waals surface area contributed by atoms with Gasteiger partial charge in [0.25, 0.3) is 0 Å². The highest BCUT2D eigenvalue weighted by molar-refractivity contribution is 5.80. The van der Waals surface area contributed by atoms with Gasteiger partial charge < -0.3 is 11.5 Å². The molecule has 0 aliphatic carbocycles. The first-order valence-electron chi connectivity index (χ1n) is 6.57. The molecule has 4 N–H and O–H groups in total. The number of hydrogen-bond donors (Lipinski definition) is 2. The Kier molecular flexibility index (Phi) is 4.17. The molecule has 104 valence electrons. The van der Waals surface area contributed by atoms with Crippen molar-refractivity contribution in [2.45, 2.75) is 37.9 Å². The number of nitrogens with two attached hydrogens (primary N) is 2. The maximum Gasteiger partial charge on any atom is 0.234 e. The Morgan fingerprint density at radius 1 is 1.53 bits per heavy atom. The summed E-state index contributed by atoms with van der Waals surface area (Å²) in [5, 5.41) is 0. The first-order valence-corrected chi connectivity index (χ1v) is 6.57. The largest absolute Gasteiger partial charge is 0.368 e. The lowest BCUT2D eigenvalue weighted by Gasteiger charge is -2.34. The molecule has 1 heterocycles. The maximum absolute atomic E-state index is 13.4. The topological polar surface area (TPSA) is 72.3 Å². The van der Waals surface area contributed by atoms with E-state index in [1.807, 2.05) is 17.9 Å². The Balaban J connectivity index is 2.32. The third-order valence-electron chi connectivity index (χ3n) is 3.67. The summed E-state index contributed by atoms with van der Waals surface area (Å²) >= 11 is 0. The number of carbonyl (C=O) groups is 1. The normalized spacial score (nSPS) is 23.2. The zero-order valence-corrected chi connectivity index (χ0v) is 11.1. The van der Waals surface area contributed by atoms with Crippen LogP contribution in [0.1, 0.15) is 31.4 Å². The standard InChI is InChI=1S/C14H20FN3O/c1-9(16)13(10-4-2-5-11(15)8-10)18-7-3-6-12(18)14(17)19/h2,4-5,8-9,12-13H,3,6-7,16H2,1H3,(H2,17,19). The van der Waals surface area contributed by atoms with Crippen LogP contribution in [0.4, 0.5) is 4.39 Å². The van der Waals surface area contributed by atoms with Crippen molar-refractivity contribution in [3.05, 3.63) is 35.6 Å². The molecule has 0 spiro atoms. The Bertz CT molecular complexity index is 464. The molecule has 1 saturated heterocycles. The van der Waals surface area contributed by atoms with Crippen LogP contribution in [0.25, 0.3) is 0 Å². The second-order valence-electron chi connectivity index (χ2n) is 5.16. The van der Waals surface area contributed by atoms with Gasteiger partial charge in [-0.15, -0.1) is 0 Å². The van der Waals surface area contributed by atoms with Crippen LogP contribution in [0, 0.1) is 5.82 Å². The van der Waals surface area contributed by atoms with Crippen LogP contribution < -0.4 is 11.5 Å². The van der Waals surface area contributed by atoms with Crippen LogP contribution in [0.2, 0.25) is 0 Å². The van der Waals surface area contributed by atoms with Crippen LogP contribution in [0.3, 0.4) is 0 Å². The van der Waals surface area contributed by atoms with Gasteiger partial charge in [-0.25, -0.2) is 4.39 Å². The summed E-state index contributed by atoms with van der Waals surface area (Å²) in [4.78, 5) is 13.5. The average molecular weight is 265 g/mol. The maximum atomic E-state index is 13.4. The minimum Gasteiger partial charge on any atom is -0.368 e. The van der Waals surface area contributed by atoms with Gasteiger partial charge in [0.2, 0.25) is 5.91 Å². The molecule has 0 saturated carbocycles. The quantitative estimate of drug-likeness (QED) is 0.858. The molecular weight excluding hydrogens is 245 g/mol. The first-order chi connectivity index (χ1) is 9.00. The van der Waals surface area contributed by atoms with E-state index in [1.165, 1.54) is 12.1 Å². The predicted octanol–water partition coefficient (Wildman–Crippen LogP) is 1.16. The minimum atomic E-state index is -0.334. The van der Waals surface area contributed by atoms with Crippen LogP contribution in [-0.4, -0.2) is 29.4 Å². The number of primary amides is 1. The third kappa shape index (κ3) is 2.93. The predicted molar refractivity (Wildman–Crippen MR) is 71.7 cm³/mol. The molecule has 19 heavy (non-hydrogen) atoms. The fourth-order valence-corrected chi connectivity index (χ4v) is 2.92. The number of rotatable bonds is 4. The first kappa shape index (κ1) is 14.0. The Morgan fingerprint density at radius 2 is 2.26 bits per heavy atom. The van der Waals surface area contributed by atoms with E-state index in [2.05, 4.69) is 0 Å². The number of likely N-dealkylation sites (tertiary alicyclic amines) is 1. The van der Waals surface area contributed by atoms with Crippen molar-refractivity contribution in [2.75, 3.05) is 6.54 Å². The molecule has 3 unspecified atom stereocenters. The summed E-state index contributed by atoms with van der Waals surface area (Å²) in [7, 11) is 0. The van der Waals surface area contributed by atoms with Crippen molar-refractivity contribution in [1.82, 2.24) is 4.90 Å². The van der Waals surface area contributed by atoms with Crippen LogP contribution in [0.5, 0.6) is 0 Å². The molecular formula is C14H20FN3O. The summed E-state index contributed by atoms with van der Waals surface area (Å²) in [6.07, 6.45) is 1.65. The van der Waals surface area contributed by atoms with E-state index in [4.69, 9.17) is 11.5 Å². The van der Waals surface area contributed by atoms with Gasteiger partial charge in [0.05, 0.1) is 12.1 Å². The van der Waals surface area contributed by atoms with E-state index in [-0.39, 0.29) is 29.8 Å². The smallest absolute Gasteiger partial charge is 0.234 e. The zero-order chi connectivity index (χ0) is 14.0. The number of halogens is 1. The van der Waals surface area contributed by atoms with E-state index in [9.17, 15) is 9.18 Å². The Hall–Kier alpha value is -1.46. The molecule has 1 aliphatic rings. The Morgan fingerprint density at radius 3 is 2.84 bits per heavy atom. The summed E-state index contributed by atoms with van der Waals surface area (Å²) in [5.41, 5.74) is 12.3. The monoisotopic (exact) mass is 265 g/mol. The number of benzene rings is 1. The lowest BCUT2D eigenvalue weighted by Crippen LogP contribution is -2.47.